The molecule has 6 heteroatoms. The molecular weight excluding hydrogens is 236 g/mol. The van der Waals surface area contributed by atoms with Gasteiger partial charge in [0.05, 0.1) is 14.2 Å². The summed E-state index contributed by atoms with van der Waals surface area (Å²) in [6.07, 6.45) is -1.04. The number of nitrogens with zero attached hydrogens (tertiary/aromatic N) is 1. The third-order valence-corrected chi connectivity index (χ3v) is 2.48. The Balaban J connectivity index is 3.00. The Morgan fingerprint density at radius 3 is 2.44 bits per heavy atom. The molecule has 0 fully saturated rings. The first kappa shape index (κ1) is 13.8. The molecule has 0 aliphatic rings. The van der Waals surface area contributed by atoms with Gasteiger partial charge in [0.2, 0.25) is 0 Å². The molecule has 0 spiro atoms. The van der Waals surface area contributed by atoms with Crippen molar-refractivity contribution in [1.29, 1.82) is 0 Å². The monoisotopic (exact) mass is 252 g/mol. The number of methoxy groups -OCH3 is 2. The van der Waals surface area contributed by atoms with Gasteiger partial charge in [-0.3, -0.25) is 10.2 Å². The number of hydrogen-bond donors (Lipinski definition) is 1. The molecule has 0 saturated carbocycles. The van der Waals surface area contributed by atoms with Crippen molar-refractivity contribution in [2.75, 3.05) is 31.5 Å². The Bertz CT molecular complexity index is 459. The van der Waals surface area contributed by atoms with Gasteiger partial charge in [-0.1, -0.05) is 6.07 Å². The van der Waals surface area contributed by atoms with E-state index in [2.05, 4.69) is 14.8 Å². The zero-order chi connectivity index (χ0) is 13.7. The lowest BCUT2D eigenvalue weighted by Gasteiger charge is -2.17. The predicted molar refractivity (Wildman–Crippen MR) is 68.0 cm³/mol. The summed E-state index contributed by atoms with van der Waals surface area (Å²) in [4.78, 5) is 23.9. The zero-order valence-electron chi connectivity index (χ0n) is 10.8. The molecule has 98 valence electrons. The van der Waals surface area contributed by atoms with Crippen LogP contribution in [0.1, 0.15) is 5.56 Å². The predicted octanol–water partition coefficient (Wildman–Crippen LogP) is 2.38. The Kier molecular flexibility index (Phi) is 4.53. The third-order valence-electron chi connectivity index (χ3n) is 2.48. The second-order valence-electron chi connectivity index (χ2n) is 3.64. The smallest absolute Gasteiger partial charge is 0.413 e. The van der Waals surface area contributed by atoms with E-state index in [0.29, 0.717) is 11.4 Å². The third kappa shape index (κ3) is 3.13. The molecule has 1 aromatic carbocycles. The van der Waals surface area contributed by atoms with Crippen molar-refractivity contribution >= 4 is 23.6 Å². The van der Waals surface area contributed by atoms with E-state index in [-0.39, 0.29) is 0 Å². The average molecular weight is 252 g/mol. The lowest BCUT2D eigenvalue weighted by atomic mass is 10.1. The van der Waals surface area contributed by atoms with Gasteiger partial charge in [0.15, 0.2) is 0 Å². The van der Waals surface area contributed by atoms with Crippen LogP contribution >= 0.6 is 0 Å². The van der Waals surface area contributed by atoms with Crippen molar-refractivity contribution in [3.8, 4) is 0 Å². The van der Waals surface area contributed by atoms with Crippen LogP contribution in [0.15, 0.2) is 18.2 Å². The Labute approximate surface area is 105 Å². The highest BCUT2D eigenvalue weighted by Gasteiger charge is 2.12. The first-order chi connectivity index (χ1) is 8.49. The summed E-state index contributed by atoms with van der Waals surface area (Å²) < 4.78 is 9.14. The molecule has 1 rings (SSSR count). The van der Waals surface area contributed by atoms with E-state index in [1.165, 1.54) is 19.1 Å². The SMILES string of the molecule is COC(=O)Nc1cc(N(C)C(=O)OC)ccc1C. The van der Waals surface area contributed by atoms with Gasteiger partial charge in [-0.2, -0.15) is 0 Å². The summed E-state index contributed by atoms with van der Waals surface area (Å²) in [6.45, 7) is 1.84. The van der Waals surface area contributed by atoms with E-state index in [1.807, 2.05) is 6.92 Å². The second-order valence-corrected chi connectivity index (χ2v) is 3.64. The second kappa shape index (κ2) is 5.90. The van der Waals surface area contributed by atoms with Gasteiger partial charge in [0.25, 0.3) is 0 Å². The number of ether oxygens (including phenoxy) is 2. The fourth-order valence-corrected chi connectivity index (χ4v) is 1.36. The van der Waals surface area contributed by atoms with E-state index >= 15 is 0 Å². The molecule has 0 atom stereocenters. The first-order valence-corrected chi connectivity index (χ1v) is 5.27. The summed E-state index contributed by atoms with van der Waals surface area (Å²) in [7, 11) is 4.17. The minimum Gasteiger partial charge on any atom is -0.453 e. The van der Waals surface area contributed by atoms with Crippen LogP contribution in [0.3, 0.4) is 0 Å². The van der Waals surface area contributed by atoms with Gasteiger partial charge in [0.1, 0.15) is 0 Å². The number of hydrogen-bond acceptors (Lipinski definition) is 4. The van der Waals surface area contributed by atoms with Gasteiger partial charge in [-0.15, -0.1) is 0 Å². The number of carbonyl (C=O) groups excluding carboxylic acids is 2. The van der Waals surface area contributed by atoms with Crippen molar-refractivity contribution in [3.63, 3.8) is 0 Å². The van der Waals surface area contributed by atoms with E-state index in [4.69, 9.17) is 0 Å². The van der Waals surface area contributed by atoms with Gasteiger partial charge in [-0.25, -0.2) is 9.59 Å². The van der Waals surface area contributed by atoms with E-state index in [0.717, 1.165) is 5.56 Å². The maximum Gasteiger partial charge on any atom is 0.413 e. The average Bonchev–Trinajstić information content (AvgIpc) is 2.39. The Morgan fingerprint density at radius 1 is 1.22 bits per heavy atom. The van der Waals surface area contributed by atoms with Crippen LogP contribution in [0.5, 0.6) is 0 Å². The molecule has 18 heavy (non-hydrogen) atoms. The molecule has 6 nitrogen and oxygen atoms in total. The standard InChI is InChI=1S/C12H16N2O4/c1-8-5-6-9(14(2)12(16)18-4)7-10(8)13-11(15)17-3/h5-7H,1-4H3,(H,13,15). The maximum absolute atomic E-state index is 11.4. The topological polar surface area (TPSA) is 67.9 Å². The van der Waals surface area contributed by atoms with Gasteiger partial charge < -0.3 is 9.47 Å². The Morgan fingerprint density at radius 2 is 1.89 bits per heavy atom. The van der Waals surface area contributed by atoms with Gasteiger partial charge in [-0.05, 0) is 24.6 Å². The molecule has 0 heterocycles. The van der Waals surface area contributed by atoms with Crippen molar-refractivity contribution in [3.05, 3.63) is 23.8 Å². The minimum atomic E-state index is -0.559. The molecule has 1 N–H and O–H groups in total. The van der Waals surface area contributed by atoms with Crippen LogP contribution in [-0.2, 0) is 9.47 Å². The van der Waals surface area contributed by atoms with Crippen LogP contribution in [-0.4, -0.2) is 33.5 Å². The summed E-state index contributed by atoms with van der Waals surface area (Å²) in [5.41, 5.74) is 2.05. The van der Waals surface area contributed by atoms with E-state index in [1.54, 1.807) is 25.2 Å². The highest BCUT2D eigenvalue weighted by molar-refractivity contribution is 5.90. The summed E-state index contributed by atoms with van der Waals surface area (Å²) in [5, 5.41) is 2.57. The van der Waals surface area contributed by atoms with E-state index in [9.17, 15) is 9.59 Å². The van der Waals surface area contributed by atoms with E-state index < -0.39 is 12.2 Å². The molecule has 0 unspecified atom stereocenters. The number of aryl methyl sites for hydroxylation is 1. The first-order valence-electron chi connectivity index (χ1n) is 5.27. The lowest BCUT2D eigenvalue weighted by Crippen LogP contribution is -2.26. The summed E-state index contributed by atoms with van der Waals surface area (Å²) in [6, 6.07) is 5.22. The minimum absolute atomic E-state index is 0.483. The molecule has 1 aromatic rings. The molecule has 0 bridgehead atoms. The van der Waals surface area contributed by atoms with Crippen molar-refractivity contribution < 1.29 is 19.1 Å². The number of rotatable bonds is 2. The number of benzene rings is 1. The molecule has 0 aliphatic carbocycles. The molecule has 0 saturated heterocycles. The fourth-order valence-electron chi connectivity index (χ4n) is 1.36. The Hall–Kier alpha value is -2.24. The highest BCUT2D eigenvalue weighted by Crippen LogP contribution is 2.23. The van der Waals surface area contributed by atoms with Crippen LogP contribution in [0.2, 0.25) is 0 Å². The quantitative estimate of drug-likeness (QED) is 0.877. The molecular formula is C12H16N2O4. The summed E-state index contributed by atoms with van der Waals surface area (Å²) >= 11 is 0. The van der Waals surface area contributed by atoms with Crippen molar-refractivity contribution in [2.24, 2.45) is 0 Å². The van der Waals surface area contributed by atoms with Crippen LogP contribution < -0.4 is 10.2 Å². The molecule has 0 aromatic heterocycles. The number of nitrogens with one attached hydrogen (secondary N) is 1. The highest BCUT2D eigenvalue weighted by atomic mass is 16.5. The molecule has 2 amide bonds. The number of amides is 2. The fraction of sp³-hybridized carbons (Fsp3) is 0.333. The van der Waals surface area contributed by atoms with Crippen molar-refractivity contribution in [1.82, 2.24) is 0 Å². The van der Waals surface area contributed by atoms with Crippen molar-refractivity contribution in [2.45, 2.75) is 6.92 Å². The zero-order valence-corrected chi connectivity index (χ0v) is 10.8. The largest absolute Gasteiger partial charge is 0.453 e. The molecule has 0 aliphatic heterocycles. The normalized spacial score (nSPS) is 9.56. The van der Waals surface area contributed by atoms with Gasteiger partial charge in [0, 0.05) is 18.4 Å². The number of carbonyl (C=O) groups is 2. The lowest BCUT2D eigenvalue weighted by molar-refractivity contribution is 0.180. The number of anilines is 2. The molecule has 0 radical (unpaired) electrons. The van der Waals surface area contributed by atoms with Crippen LogP contribution in [0.25, 0.3) is 0 Å². The van der Waals surface area contributed by atoms with Crippen LogP contribution in [0.4, 0.5) is 21.0 Å². The summed E-state index contributed by atoms with van der Waals surface area (Å²) in [5.74, 6) is 0. The van der Waals surface area contributed by atoms with Crippen LogP contribution in [0, 0.1) is 6.92 Å². The maximum atomic E-state index is 11.4. The van der Waals surface area contributed by atoms with Gasteiger partial charge >= 0.3 is 12.2 Å².